The van der Waals surface area contributed by atoms with Gasteiger partial charge >= 0.3 is 5.97 Å². The van der Waals surface area contributed by atoms with Crippen LogP contribution in [0.5, 0.6) is 0 Å². The Balaban J connectivity index is 1.88. The van der Waals surface area contributed by atoms with Crippen LogP contribution in [0.2, 0.25) is 0 Å². The number of rotatable bonds is 3. The molecule has 102 valence electrons. The summed E-state index contributed by atoms with van der Waals surface area (Å²) in [5.41, 5.74) is 0. The fraction of sp³-hybridized carbons (Fsp3) is 0.833. The lowest BCUT2D eigenvalue weighted by molar-refractivity contribution is -0.154. The summed E-state index contributed by atoms with van der Waals surface area (Å²) in [6.45, 7) is 2.88. The van der Waals surface area contributed by atoms with Crippen molar-refractivity contribution in [2.75, 3.05) is 13.1 Å². The lowest BCUT2D eigenvalue weighted by Crippen LogP contribution is -2.39. The van der Waals surface area contributed by atoms with Crippen LogP contribution in [-0.4, -0.2) is 58.4 Å². The van der Waals surface area contributed by atoms with Crippen molar-refractivity contribution in [3.63, 3.8) is 0 Å². The Bertz CT molecular complexity index is 343. The molecule has 0 spiro atoms. The number of amides is 1. The molecule has 2 aliphatic rings. The first kappa shape index (κ1) is 13.3. The highest BCUT2D eigenvalue weighted by Gasteiger charge is 2.39. The lowest BCUT2D eigenvalue weighted by atomic mass is 10.0. The molecule has 0 bridgehead atoms. The molecule has 0 aromatic carbocycles. The first-order chi connectivity index (χ1) is 8.49. The molecule has 2 rings (SSSR count). The molecule has 0 radical (unpaired) electrons. The van der Waals surface area contributed by atoms with Gasteiger partial charge in [-0.15, -0.1) is 0 Å². The Kier molecular flexibility index (Phi) is 3.87. The van der Waals surface area contributed by atoms with Crippen molar-refractivity contribution >= 4 is 11.9 Å². The number of aliphatic hydroxyl groups excluding tert-OH is 1. The molecule has 6 nitrogen and oxygen atoms in total. The zero-order chi connectivity index (χ0) is 13.3. The lowest BCUT2D eigenvalue weighted by Gasteiger charge is -2.21. The molecule has 0 aromatic heterocycles. The summed E-state index contributed by atoms with van der Waals surface area (Å²) in [6.07, 6.45) is -0.254. The molecule has 2 N–H and O–H groups in total. The first-order valence-corrected chi connectivity index (χ1v) is 6.34. The van der Waals surface area contributed by atoms with E-state index >= 15 is 0 Å². The Hall–Kier alpha value is -1.14. The summed E-state index contributed by atoms with van der Waals surface area (Å²) >= 11 is 0. The normalized spacial score (nSPS) is 33.7. The Morgan fingerprint density at radius 1 is 1.28 bits per heavy atom. The fourth-order valence-electron chi connectivity index (χ4n) is 2.59. The van der Waals surface area contributed by atoms with Gasteiger partial charge in [0.2, 0.25) is 0 Å². The third-order valence-electron chi connectivity index (χ3n) is 3.79. The number of aliphatic hydroxyl groups is 1. The van der Waals surface area contributed by atoms with E-state index in [0.717, 1.165) is 6.42 Å². The molecule has 0 aliphatic carbocycles. The minimum Gasteiger partial charge on any atom is -0.479 e. The molecular formula is C12H19NO5. The van der Waals surface area contributed by atoms with Crippen LogP contribution in [0.1, 0.15) is 26.2 Å². The van der Waals surface area contributed by atoms with Crippen molar-refractivity contribution in [3.05, 3.63) is 0 Å². The number of carbonyl (C=O) groups is 2. The quantitative estimate of drug-likeness (QED) is 0.734. The van der Waals surface area contributed by atoms with E-state index in [9.17, 15) is 14.7 Å². The van der Waals surface area contributed by atoms with E-state index in [4.69, 9.17) is 9.84 Å². The second-order valence-electron chi connectivity index (χ2n) is 5.10. The van der Waals surface area contributed by atoms with E-state index in [2.05, 4.69) is 0 Å². The third-order valence-corrected chi connectivity index (χ3v) is 3.79. The molecule has 4 atom stereocenters. The highest BCUT2D eigenvalue weighted by atomic mass is 16.5. The van der Waals surface area contributed by atoms with E-state index in [0.29, 0.717) is 25.9 Å². The minimum atomic E-state index is -1.01. The van der Waals surface area contributed by atoms with Gasteiger partial charge in [-0.3, -0.25) is 4.79 Å². The van der Waals surface area contributed by atoms with Crippen LogP contribution in [0.25, 0.3) is 0 Å². The molecule has 18 heavy (non-hydrogen) atoms. The monoisotopic (exact) mass is 257 g/mol. The number of likely N-dealkylation sites (tertiary alicyclic amines) is 1. The molecule has 0 saturated carbocycles. The number of hydrogen-bond acceptors (Lipinski definition) is 4. The average Bonchev–Trinajstić information content (AvgIpc) is 2.97. The van der Waals surface area contributed by atoms with Gasteiger partial charge in [-0.05, 0) is 26.2 Å². The molecule has 2 aliphatic heterocycles. The number of nitrogens with zero attached hydrogens (tertiary/aromatic N) is 1. The fourth-order valence-corrected chi connectivity index (χ4v) is 2.59. The molecule has 2 fully saturated rings. The van der Waals surface area contributed by atoms with Crippen LogP contribution < -0.4 is 0 Å². The summed E-state index contributed by atoms with van der Waals surface area (Å²) in [6, 6.07) is 0. The average molecular weight is 257 g/mol. The van der Waals surface area contributed by atoms with E-state index in [-0.39, 0.29) is 11.8 Å². The summed E-state index contributed by atoms with van der Waals surface area (Å²) in [5, 5.41) is 18.3. The Morgan fingerprint density at radius 2 is 1.94 bits per heavy atom. The Morgan fingerprint density at radius 3 is 2.44 bits per heavy atom. The molecular weight excluding hydrogens is 238 g/mol. The molecule has 1 amide bonds. The van der Waals surface area contributed by atoms with Gasteiger partial charge in [-0.25, -0.2) is 4.79 Å². The van der Waals surface area contributed by atoms with Crippen molar-refractivity contribution in [2.45, 2.75) is 44.5 Å². The predicted molar refractivity (Wildman–Crippen MR) is 61.9 cm³/mol. The number of carboxylic acid groups (broad SMARTS) is 1. The van der Waals surface area contributed by atoms with Crippen LogP contribution in [0.4, 0.5) is 0 Å². The largest absolute Gasteiger partial charge is 0.479 e. The van der Waals surface area contributed by atoms with E-state index in [1.165, 1.54) is 0 Å². The van der Waals surface area contributed by atoms with Crippen molar-refractivity contribution in [2.24, 2.45) is 5.92 Å². The van der Waals surface area contributed by atoms with Crippen LogP contribution >= 0.6 is 0 Å². The molecule has 0 aromatic rings. The zero-order valence-electron chi connectivity index (χ0n) is 10.4. The maximum atomic E-state index is 12.1. The molecule has 2 heterocycles. The Labute approximate surface area is 106 Å². The van der Waals surface area contributed by atoms with E-state index in [1.807, 2.05) is 0 Å². The van der Waals surface area contributed by atoms with Gasteiger partial charge in [0.05, 0.1) is 6.10 Å². The number of carboxylic acids is 1. The van der Waals surface area contributed by atoms with Gasteiger partial charge < -0.3 is 19.8 Å². The molecule has 2 unspecified atom stereocenters. The van der Waals surface area contributed by atoms with Gasteiger partial charge in [-0.2, -0.15) is 0 Å². The smallest absolute Gasteiger partial charge is 0.332 e. The summed E-state index contributed by atoms with van der Waals surface area (Å²) < 4.78 is 5.24. The zero-order valence-corrected chi connectivity index (χ0v) is 10.4. The number of ether oxygens (including phenoxy) is 1. The second kappa shape index (κ2) is 5.24. The highest BCUT2D eigenvalue weighted by Crippen LogP contribution is 2.25. The van der Waals surface area contributed by atoms with Crippen molar-refractivity contribution in [3.8, 4) is 0 Å². The molecule has 2 saturated heterocycles. The second-order valence-corrected chi connectivity index (χ2v) is 5.10. The van der Waals surface area contributed by atoms with Crippen LogP contribution in [0.15, 0.2) is 0 Å². The van der Waals surface area contributed by atoms with E-state index in [1.54, 1.807) is 11.8 Å². The summed E-state index contributed by atoms with van der Waals surface area (Å²) in [4.78, 5) is 24.5. The van der Waals surface area contributed by atoms with Crippen LogP contribution in [0, 0.1) is 5.92 Å². The van der Waals surface area contributed by atoms with Gasteiger partial charge in [0.15, 0.2) is 6.10 Å². The van der Waals surface area contributed by atoms with Crippen LogP contribution in [0.3, 0.4) is 0 Å². The van der Waals surface area contributed by atoms with Crippen molar-refractivity contribution < 1.29 is 24.5 Å². The standard InChI is InChI=1S/C12H19NO5/c1-7(14)8-4-5-13(6-8)11(15)9-2-3-10(18-9)12(16)17/h7-10,14H,2-6H2,1H3,(H,16,17)/t7?,8?,9-,10+/m0/s1. The number of aliphatic carboxylic acids is 1. The number of carbonyl (C=O) groups excluding carboxylic acids is 1. The first-order valence-electron chi connectivity index (χ1n) is 6.34. The highest BCUT2D eigenvalue weighted by molar-refractivity contribution is 5.83. The topological polar surface area (TPSA) is 87.1 Å². The SMILES string of the molecule is CC(O)C1CCN(C(=O)[C@@H]2CC[C@H](C(=O)O)O2)C1. The van der Waals surface area contributed by atoms with Gasteiger partial charge in [-0.1, -0.05) is 0 Å². The van der Waals surface area contributed by atoms with Crippen molar-refractivity contribution in [1.82, 2.24) is 4.90 Å². The summed E-state index contributed by atoms with van der Waals surface area (Å²) in [5.74, 6) is -1.03. The van der Waals surface area contributed by atoms with Gasteiger partial charge in [0.25, 0.3) is 5.91 Å². The van der Waals surface area contributed by atoms with Crippen molar-refractivity contribution in [1.29, 1.82) is 0 Å². The van der Waals surface area contributed by atoms with E-state index < -0.39 is 24.3 Å². The van der Waals surface area contributed by atoms with Gasteiger partial charge in [0, 0.05) is 19.0 Å². The van der Waals surface area contributed by atoms with Crippen LogP contribution in [-0.2, 0) is 14.3 Å². The van der Waals surface area contributed by atoms with Gasteiger partial charge in [0.1, 0.15) is 6.10 Å². The molecule has 6 heteroatoms. The number of hydrogen-bond donors (Lipinski definition) is 2. The third kappa shape index (κ3) is 2.64. The predicted octanol–water partition coefficient (Wildman–Crippen LogP) is -0.152. The maximum Gasteiger partial charge on any atom is 0.332 e. The minimum absolute atomic E-state index is 0.116. The maximum absolute atomic E-state index is 12.1. The summed E-state index contributed by atoms with van der Waals surface area (Å²) in [7, 11) is 0.